The molecular formula is C13H16BrFN4. The van der Waals surface area contributed by atoms with E-state index in [9.17, 15) is 4.39 Å². The first-order valence-electron chi connectivity index (χ1n) is 6.17. The van der Waals surface area contributed by atoms with Crippen LogP contribution in [0, 0.1) is 5.82 Å². The molecule has 102 valence electrons. The van der Waals surface area contributed by atoms with E-state index in [1.165, 1.54) is 6.07 Å². The molecule has 0 aliphatic carbocycles. The Bertz CT molecular complexity index is 535. The van der Waals surface area contributed by atoms with E-state index in [2.05, 4.69) is 38.5 Å². The van der Waals surface area contributed by atoms with E-state index in [0.29, 0.717) is 5.56 Å². The van der Waals surface area contributed by atoms with Gasteiger partial charge in [-0.2, -0.15) is 0 Å². The van der Waals surface area contributed by atoms with E-state index in [1.807, 2.05) is 6.07 Å². The second kappa shape index (κ2) is 6.25. The molecule has 1 heterocycles. The van der Waals surface area contributed by atoms with Crippen molar-refractivity contribution < 1.29 is 4.39 Å². The van der Waals surface area contributed by atoms with E-state index >= 15 is 0 Å². The first kappa shape index (κ1) is 14.1. The molecule has 2 rings (SSSR count). The first-order chi connectivity index (χ1) is 9.15. The van der Waals surface area contributed by atoms with Crippen molar-refractivity contribution in [1.82, 2.24) is 20.3 Å². The van der Waals surface area contributed by atoms with Gasteiger partial charge in [-0.15, -0.1) is 5.10 Å². The van der Waals surface area contributed by atoms with Crippen molar-refractivity contribution in [3.8, 4) is 0 Å². The van der Waals surface area contributed by atoms with E-state index < -0.39 is 0 Å². The number of hydrogen-bond donors (Lipinski definition) is 1. The summed E-state index contributed by atoms with van der Waals surface area (Å²) in [6, 6.07) is 4.71. The standard InChI is InChI=1S/C13H16BrFN4/c1-3-7-16-13(11-8-17-18-19(11)2)12-9(14)5-4-6-10(12)15/h4-6,8,13,16H,3,7H2,1-2H3. The number of halogens is 2. The molecule has 1 unspecified atom stereocenters. The molecule has 1 N–H and O–H groups in total. The summed E-state index contributed by atoms with van der Waals surface area (Å²) in [5.41, 5.74) is 1.42. The van der Waals surface area contributed by atoms with Crippen LogP contribution in [0.1, 0.15) is 30.6 Å². The summed E-state index contributed by atoms with van der Waals surface area (Å²) in [6.07, 6.45) is 2.63. The average Bonchev–Trinajstić information content (AvgIpc) is 2.79. The van der Waals surface area contributed by atoms with Gasteiger partial charge in [0.05, 0.1) is 17.9 Å². The summed E-state index contributed by atoms with van der Waals surface area (Å²) < 4.78 is 16.5. The van der Waals surface area contributed by atoms with Crippen molar-refractivity contribution >= 4 is 15.9 Å². The zero-order chi connectivity index (χ0) is 13.8. The van der Waals surface area contributed by atoms with Gasteiger partial charge in [0.2, 0.25) is 0 Å². The summed E-state index contributed by atoms with van der Waals surface area (Å²) in [7, 11) is 1.80. The average molecular weight is 327 g/mol. The predicted octanol–water partition coefficient (Wildman–Crippen LogP) is 2.81. The minimum Gasteiger partial charge on any atom is -0.305 e. The Kier molecular flexibility index (Phi) is 4.66. The highest BCUT2D eigenvalue weighted by atomic mass is 79.9. The summed E-state index contributed by atoms with van der Waals surface area (Å²) in [4.78, 5) is 0. The molecule has 0 saturated carbocycles. The van der Waals surface area contributed by atoms with Gasteiger partial charge in [-0.1, -0.05) is 34.1 Å². The Balaban J connectivity index is 2.46. The Morgan fingerprint density at radius 2 is 2.26 bits per heavy atom. The maximum absolute atomic E-state index is 14.1. The van der Waals surface area contributed by atoms with Crippen molar-refractivity contribution in [2.75, 3.05) is 6.54 Å². The van der Waals surface area contributed by atoms with E-state index in [-0.39, 0.29) is 11.9 Å². The smallest absolute Gasteiger partial charge is 0.129 e. The Hall–Kier alpha value is -1.27. The minimum absolute atomic E-state index is 0.246. The zero-order valence-corrected chi connectivity index (χ0v) is 12.5. The molecule has 0 radical (unpaired) electrons. The number of aromatic nitrogens is 3. The van der Waals surface area contributed by atoms with Crippen LogP contribution in [0.15, 0.2) is 28.9 Å². The van der Waals surface area contributed by atoms with Crippen molar-refractivity contribution in [3.05, 3.63) is 45.9 Å². The maximum atomic E-state index is 14.1. The lowest BCUT2D eigenvalue weighted by Crippen LogP contribution is -2.26. The van der Waals surface area contributed by atoms with E-state index in [1.54, 1.807) is 24.0 Å². The second-order valence-electron chi connectivity index (χ2n) is 4.30. The van der Waals surface area contributed by atoms with Gasteiger partial charge < -0.3 is 5.32 Å². The van der Waals surface area contributed by atoms with Crippen molar-refractivity contribution in [3.63, 3.8) is 0 Å². The molecule has 6 heteroatoms. The fourth-order valence-corrected chi connectivity index (χ4v) is 2.56. The molecule has 0 bridgehead atoms. The largest absolute Gasteiger partial charge is 0.305 e. The molecule has 0 fully saturated rings. The lowest BCUT2D eigenvalue weighted by molar-refractivity contribution is 0.517. The van der Waals surface area contributed by atoms with E-state index in [0.717, 1.165) is 23.1 Å². The van der Waals surface area contributed by atoms with Gasteiger partial charge >= 0.3 is 0 Å². The second-order valence-corrected chi connectivity index (χ2v) is 5.16. The molecule has 1 aromatic carbocycles. The fourth-order valence-electron chi connectivity index (χ4n) is 1.99. The van der Waals surface area contributed by atoms with Crippen molar-refractivity contribution in [2.24, 2.45) is 7.05 Å². The molecule has 19 heavy (non-hydrogen) atoms. The van der Waals surface area contributed by atoms with Crippen LogP contribution in [0.3, 0.4) is 0 Å². The Morgan fingerprint density at radius 1 is 1.47 bits per heavy atom. The number of aryl methyl sites for hydroxylation is 1. The molecule has 0 aliphatic rings. The van der Waals surface area contributed by atoms with Gasteiger partial charge in [0, 0.05) is 17.1 Å². The molecule has 0 spiro atoms. The molecule has 0 saturated heterocycles. The van der Waals surface area contributed by atoms with Crippen LogP contribution in [-0.4, -0.2) is 21.5 Å². The van der Waals surface area contributed by atoms with E-state index in [4.69, 9.17) is 0 Å². The zero-order valence-electron chi connectivity index (χ0n) is 10.9. The van der Waals surface area contributed by atoms with Crippen molar-refractivity contribution in [2.45, 2.75) is 19.4 Å². The van der Waals surface area contributed by atoms with Gasteiger partial charge in [-0.25, -0.2) is 4.39 Å². The van der Waals surface area contributed by atoms with Gasteiger partial charge in [-0.05, 0) is 25.1 Å². The first-order valence-corrected chi connectivity index (χ1v) is 6.96. The number of nitrogens with zero attached hydrogens (tertiary/aromatic N) is 3. The van der Waals surface area contributed by atoms with Crippen LogP contribution >= 0.6 is 15.9 Å². The van der Waals surface area contributed by atoms with Crippen LogP contribution in [0.2, 0.25) is 0 Å². The molecule has 1 aromatic heterocycles. The summed E-state index contributed by atoms with van der Waals surface area (Å²) in [5, 5.41) is 11.1. The maximum Gasteiger partial charge on any atom is 0.129 e. The summed E-state index contributed by atoms with van der Waals surface area (Å²) in [6.45, 7) is 2.86. The summed E-state index contributed by atoms with van der Waals surface area (Å²) >= 11 is 3.42. The minimum atomic E-state index is -0.268. The van der Waals surface area contributed by atoms with Gasteiger partial charge in [0.15, 0.2) is 0 Å². The molecule has 2 aromatic rings. The quantitative estimate of drug-likeness (QED) is 0.918. The molecule has 1 atom stereocenters. The number of nitrogens with one attached hydrogen (secondary N) is 1. The lowest BCUT2D eigenvalue weighted by atomic mass is 10.0. The topological polar surface area (TPSA) is 42.7 Å². The molecular weight excluding hydrogens is 311 g/mol. The highest BCUT2D eigenvalue weighted by Gasteiger charge is 2.23. The van der Waals surface area contributed by atoms with Crippen LogP contribution < -0.4 is 5.32 Å². The SMILES string of the molecule is CCCNC(c1c(F)cccc1Br)c1cnnn1C. The van der Waals surface area contributed by atoms with Crippen LogP contribution in [-0.2, 0) is 7.05 Å². The number of benzene rings is 1. The monoisotopic (exact) mass is 326 g/mol. The van der Waals surface area contributed by atoms with Gasteiger partial charge in [0.1, 0.15) is 5.82 Å². The number of rotatable bonds is 5. The third-order valence-corrected chi connectivity index (χ3v) is 3.62. The van der Waals surface area contributed by atoms with Crippen LogP contribution in [0.25, 0.3) is 0 Å². The van der Waals surface area contributed by atoms with Crippen molar-refractivity contribution in [1.29, 1.82) is 0 Å². The summed E-state index contributed by atoms with van der Waals surface area (Å²) in [5.74, 6) is -0.246. The Labute approximate surface area is 120 Å². The fraction of sp³-hybridized carbons (Fsp3) is 0.385. The van der Waals surface area contributed by atoms with Crippen LogP contribution in [0.5, 0.6) is 0 Å². The highest BCUT2D eigenvalue weighted by Crippen LogP contribution is 2.30. The van der Waals surface area contributed by atoms with Gasteiger partial charge in [-0.3, -0.25) is 4.68 Å². The third-order valence-electron chi connectivity index (χ3n) is 2.93. The molecule has 0 aliphatic heterocycles. The molecule has 4 nitrogen and oxygen atoms in total. The predicted molar refractivity (Wildman–Crippen MR) is 75.2 cm³/mol. The third kappa shape index (κ3) is 3.01. The normalized spacial score (nSPS) is 12.6. The van der Waals surface area contributed by atoms with Gasteiger partial charge in [0.25, 0.3) is 0 Å². The highest BCUT2D eigenvalue weighted by molar-refractivity contribution is 9.10. The number of hydrogen-bond acceptors (Lipinski definition) is 3. The Morgan fingerprint density at radius 3 is 2.84 bits per heavy atom. The lowest BCUT2D eigenvalue weighted by Gasteiger charge is -2.20. The molecule has 0 amide bonds. The van der Waals surface area contributed by atoms with Crippen LogP contribution in [0.4, 0.5) is 4.39 Å².